The molecule has 0 bridgehead atoms. The number of aromatic nitrogens is 2. The molecule has 0 atom stereocenters. The molecule has 0 radical (unpaired) electrons. The van der Waals surface area contributed by atoms with Crippen LogP contribution >= 0.6 is 11.6 Å². The van der Waals surface area contributed by atoms with E-state index in [9.17, 15) is 0 Å². The third-order valence-electron chi connectivity index (χ3n) is 5.52. The van der Waals surface area contributed by atoms with E-state index in [-0.39, 0.29) is 0 Å². The maximum absolute atomic E-state index is 6.65. The molecule has 0 unspecified atom stereocenters. The van der Waals surface area contributed by atoms with Crippen molar-refractivity contribution in [2.45, 2.75) is 79.2 Å². The first-order chi connectivity index (χ1) is 12.5. The van der Waals surface area contributed by atoms with Crippen molar-refractivity contribution in [3.63, 3.8) is 0 Å². The number of anilines is 2. The first-order valence-electron chi connectivity index (χ1n) is 10.1. The quantitative estimate of drug-likeness (QED) is 0.548. The number of fused-ring (bicyclic) bond motifs is 1. The second-order valence-corrected chi connectivity index (χ2v) is 7.99. The van der Waals surface area contributed by atoms with Gasteiger partial charge in [-0.25, -0.2) is 4.98 Å². The van der Waals surface area contributed by atoms with E-state index in [1.165, 1.54) is 48.2 Å². The number of hydrogen-bond acceptors (Lipinski definition) is 2. The predicted molar refractivity (Wildman–Crippen MR) is 112 cm³/mol. The minimum absolute atomic E-state index is 0.621. The van der Waals surface area contributed by atoms with E-state index in [1.54, 1.807) is 0 Å². The molecule has 3 rings (SSSR count). The van der Waals surface area contributed by atoms with Crippen LogP contribution in [-0.2, 0) is 13.0 Å². The van der Waals surface area contributed by atoms with E-state index in [2.05, 4.69) is 56.2 Å². The Morgan fingerprint density at radius 3 is 2.35 bits per heavy atom. The van der Waals surface area contributed by atoms with Crippen molar-refractivity contribution in [3.8, 4) is 0 Å². The lowest BCUT2D eigenvalue weighted by atomic mass is 9.92. The highest BCUT2D eigenvalue weighted by molar-refractivity contribution is 6.33. The normalized spacial score (nSPS) is 13.7. The predicted octanol–water partition coefficient (Wildman–Crippen LogP) is 6.55. The van der Waals surface area contributed by atoms with Crippen LogP contribution in [0.2, 0.25) is 5.02 Å². The lowest BCUT2D eigenvalue weighted by molar-refractivity contribution is 0.522. The standard InChI is InChI=1S/C22H32ClN3/c1-6-9-17(10-7-2)21-19(8-3)24-22-25(11-12-26(21)22)20-16(5)13-15(4)14-18(20)23/h13-14,17H,6-12H2,1-5H3. The average molecular weight is 374 g/mol. The number of aryl methyl sites for hydroxylation is 3. The molecule has 1 aromatic carbocycles. The molecule has 4 heteroatoms. The topological polar surface area (TPSA) is 21.1 Å². The Kier molecular flexibility index (Phi) is 5.96. The van der Waals surface area contributed by atoms with E-state index >= 15 is 0 Å². The SMILES string of the molecule is CCCC(CCC)c1c(CC)nc2n1CCN2c1c(C)cc(C)cc1Cl. The van der Waals surface area contributed by atoms with E-state index < -0.39 is 0 Å². The van der Waals surface area contributed by atoms with Gasteiger partial charge in [-0.2, -0.15) is 0 Å². The van der Waals surface area contributed by atoms with E-state index in [0.29, 0.717) is 5.92 Å². The number of nitrogens with zero attached hydrogens (tertiary/aromatic N) is 3. The molecule has 142 valence electrons. The van der Waals surface area contributed by atoms with Gasteiger partial charge in [0.25, 0.3) is 0 Å². The molecule has 0 aliphatic carbocycles. The first-order valence-corrected chi connectivity index (χ1v) is 10.5. The summed E-state index contributed by atoms with van der Waals surface area (Å²) in [7, 11) is 0. The van der Waals surface area contributed by atoms with Gasteiger partial charge in [-0.1, -0.05) is 51.3 Å². The maximum atomic E-state index is 6.65. The third kappa shape index (κ3) is 3.38. The molecular weight excluding hydrogens is 342 g/mol. The highest BCUT2D eigenvalue weighted by Crippen LogP contribution is 2.41. The Bertz CT molecular complexity index is 749. The van der Waals surface area contributed by atoms with Crippen molar-refractivity contribution in [2.24, 2.45) is 0 Å². The monoisotopic (exact) mass is 373 g/mol. The van der Waals surface area contributed by atoms with Gasteiger partial charge in [-0.05, 0) is 50.3 Å². The molecule has 0 amide bonds. The van der Waals surface area contributed by atoms with Crippen LogP contribution in [0.25, 0.3) is 0 Å². The highest BCUT2D eigenvalue weighted by Gasteiger charge is 2.31. The van der Waals surface area contributed by atoms with Gasteiger partial charge in [0.1, 0.15) is 0 Å². The second-order valence-electron chi connectivity index (χ2n) is 7.59. The summed E-state index contributed by atoms with van der Waals surface area (Å²) in [6.07, 6.45) is 5.93. The summed E-state index contributed by atoms with van der Waals surface area (Å²) in [6, 6.07) is 4.28. The van der Waals surface area contributed by atoms with Gasteiger partial charge in [0, 0.05) is 24.7 Å². The van der Waals surface area contributed by atoms with Crippen molar-refractivity contribution in [2.75, 3.05) is 11.4 Å². The Hall–Kier alpha value is -1.48. The van der Waals surface area contributed by atoms with Crippen LogP contribution in [0.15, 0.2) is 12.1 Å². The van der Waals surface area contributed by atoms with Crippen LogP contribution in [0.1, 0.15) is 74.9 Å². The maximum Gasteiger partial charge on any atom is 0.210 e. The summed E-state index contributed by atoms with van der Waals surface area (Å²) >= 11 is 6.65. The molecule has 1 aliphatic rings. The van der Waals surface area contributed by atoms with Crippen LogP contribution < -0.4 is 4.90 Å². The van der Waals surface area contributed by atoms with Crippen molar-refractivity contribution in [1.29, 1.82) is 0 Å². The second kappa shape index (κ2) is 8.04. The van der Waals surface area contributed by atoms with Crippen molar-refractivity contribution in [3.05, 3.63) is 39.7 Å². The van der Waals surface area contributed by atoms with Crippen LogP contribution in [-0.4, -0.2) is 16.1 Å². The van der Waals surface area contributed by atoms with Gasteiger partial charge < -0.3 is 9.47 Å². The average Bonchev–Trinajstić information content (AvgIpc) is 3.13. The van der Waals surface area contributed by atoms with E-state index in [0.717, 1.165) is 36.2 Å². The van der Waals surface area contributed by atoms with Gasteiger partial charge in [0.05, 0.1) is 16.4 Å². The summed E-state index contributed by atoms with van der Waals surface area (Å²) in [5.74, 6) is 1.71. The Labute approximate surface area is 163 Å². The van der Waals surface area contributed by atoms with Gasteiger partial charge in [0.2, 0.25) is 5.95 Å². The molecular formula is C22H32ClN3. The third-order valence-corrected chi connectivity index (χ3v) is 5.80. The zero-order valence-electron chi connectivity index (χ0n) is 16.9. The summed E-state index contributed by atoms with van der Waals surface area (Å²) in [5.41, 5.74) is 6.31. The molecule has 0 saturated carbocycles. The van der Waals surface area contributed by atoms with Crippen molar-refractivity contribution in [1.82, 2.24) is 9.55 Å². The first kappa shape index (κ1) is 19.3. The van der Waals surface area contributed by atoms with Gasteiger partial charge >= 0.3 is 0 Å². The number of halogens is 1. The largest absolute Gasteiger partial charge is 0.312 e. The zero-order chi connectivity index (χ0) is 18.8. The molecule has 0 N–H and O–H groups in total. The number of imidazole rings is 1. The van der Waals surface area contributed by atoms with Crippen molar-refractivity contribution < 1.29 is 0 Å². The molecule has 2 heterocycles. The fourth-order valence-corrected chi connectivity index (χ4v) is 4.94. The fraction of sp³-hybridized carbons (Fsp3) is 0.591. The van der Waals surface area contributed by atoms with Crippen LogP contribution in [0.5, 0.6) is 0 Å². The Morgan fingerprint density at radius 1 is 1.08 bits per heavy atom. The van der Waals surface area contributed by atoms with E-state index in [1.807, 2.05) is 0 Å². The molecule has 2 aromatic rings. The minimum atomic E-state index is 0.621. The molecule has 0 saturated heterocycles. The van der Waals surface area contributed by atoms with E-state index in [4.69, 9.17) is 16.6 Å². The van der Waals surface area contributed by atoms with Gasteiger partial charge in [-0.3, -0.25) is 0 Å². The number of hydrogen-bond donors (Lipinski definition) is 0. The Morgan fingerprint density at radius 2 is 1.77 bits per heavy atom. The Balaban J connectivity index is 2.07. The van der Waals surface area contributed by atoms with Gasteiger partial charge in [-0.15, -0.1) is 0 Å². The zero-order valence-corrected chi connectivity index (χ0v) is 17.7. The highest BCUT2D eigenvalue weighted by atomic mass is 35.5. The minimum Gasteiger partial charge on any atom is -0.312 e. The molecule has 3 nitrogen and oxygen atoms in total. The van der Waals surface area contributed by atoms with Crippen LogP contribution in [0.4, 0.5) is 11.6 Å². The summed E-state index contributed by atoms with van der Waals surface area (Å²) in [6.45, 7) is 13.0. The number of rotatable bonds is 7. The molecule has 1 aromatic heterocycles. The fourth-order valence-electron chi connectivity index (χ4n) is 4.52. The molecule has 1 aliphatic heterocycles. The molecule has 0 spiro atoms. The van der Waals surface area contributed by atoms with Gasteiger partial charge in [0.15, 0.2) is 0 Å². The van der Waals surface area contributed by atoms with Crippen LogP contribution in [0.3, 0.4) is 0 Å². The summed E-state index contributed by atoms with van der Waals surface area (Å²) < 4.78 is 2.48. The lowest BCUT2D eigenvalue weighted by Crippen LogP contribution is -2.16. The summed E-state index contributed by atoms with van der Waals surface area (Å²) in [5, 5.41) is 0.831. The molecule has 0 fully saturated rings. The summed E-state index contributed by atoms with van der Waals surface area (Å²) in [4.78, 5) is 7.42. The molecule has 26 heavy (non-hydrogen) atoms. The number of benzene rings is 1. The van der Waals surface area contributed by atoms with Crippen molar-refractivity contribution >= 4 is 23.2 Å². The smallest absolute Gasteiger partial charge is 0.210 e. The van der Waals surface area contributed by atoms with Crippen LogP contribution in [0, 0.1) is 13.8 Å². The lowest BCUT2D eigenvalue weighted by Gasteiger charge is -2.21.